The van der Waals surface area contributed by atoms with E-state index in [9.17, 15) is 9.59 Å². The van der Waals surface area contributed by atoms with Crippen molar-refractivity contribution in [1.29, 1.82) is 0 Å². The van der Waals surface area contributed by atoms with Crippen molar-refractivity contribution in [2.75, 3.05) is 16.5 Å². The molecule has 2 heterocycles. The molecule has 0 fully saturated rings. The van der Waals surface area contributed by atoms with Crippen molar-refractivity contribution >= 4 is 51.7 Å². The summed E-state index contributed by atoms with van der Waals surface area (Å²) in [5.74, 6) is -0.489. The zero-order chi connectivity index (χ0) is 21.3. The fourth-order valence-corrected chi connectivity index (χ4v) is 6.32. The van der Waals surface area contributed by atoms with E-state index in [0.717, 1.165) is 17.1 Å². The number of Topliss-reactive ketones (excluding diaryl/α,β-unsaturated/α-hetero) is 1. The smallest absolute Gasteiger partial charge is 0.346 e. The molecule has 6 nitrogen and oxygen atoms in total. The van der Waals surface area contributed by atoms with Crippen LogP contribution in [-0.2, 0) is 14.3 Å². The van der Waals surface area contributed by atoms with Crippen LogP contribution in [0, 0.1) is 0 Å². The number of para-hydroxylation sites is 2. The van der Waals surface area contributed by atoms with E-state index in [1.165, 1.54) is 30.4 Å². The van der Waals surface area contributed by atoms with Gasteiger partial charge in [0.25, 0.3) is 0 Å². The van der Waals surface area contributed by atoms with Crippen LogP contribution in [-0.4, -0.2) is 27.7 Å². The standard InChI is InChI=1S/C22H21N3O3S2/c1-4-28-21(27)19-15(2)24(17-11-7-5-8-12-17)22(29-19)25(18-13-9-6-10-14-18)23-20(30-22)16(3)26/h5-14H,4H2,1-3H3. The van der Waals surface area contributed by atoms with Crippen LogP contribution in [0.3, 0.4) is 0 Å². The minimum Gasteiger partial charge on any atom is -0.462 e. The van der Waals surface area contributed by atoms with Crippen molar-refractivity contribution in [2.24, 2.45) is 5.10 Å². The van der Waals surface area contributed by atoms with Gasteiger partial charge in [0.05, 0.1) is 12.3 Å². The largest absolute Gasteiger partial charge is 0.462 e. The molecule has 2 aliphatic rings. The van der Waals surface area contributed by atoms with E-state index in [0.29, 0.717) is 16.6 Å². The summed E-state index contributed by atoms with van der Waals surface area (Å²) in [6, 6.07) is 19.5. The summed E-state index contributed by atoms with van der Waals surface area (Å²) in [5.41, 5.74) is 2.49. The van der Waals surface area contributed by atoms with E-state index in [-0.39, 0.29) is 11.8 Å². The highest BCUT2D eigenvalue weighted by Crippen LogP contribution is 2.60. The van der Waals surface area contributed by atoms with Gasteiger partial charge in [-0.05, 0) is 49.9 Å². The van der Waals surface area contributed by atoms with Crippen LogP contribution < -0.4 is 9.91 Å². The molecule has 2 aromatic rings. The average Bonchev–Trinajstić information content (AvgIpc) is 3.28. The van der Waals surface area contributed by atoms with Crippen molar-refractivity contribution < 1.29 is 14.3 Å². The average molecular weight is 440 g/mol. The van der Waals surface area contributed by atoms with Crippen molar-refractivity contribution in [3.63, 3.8) is 0 Å². The normalized spacial score (nSPS) is 20.7. The number of benzene rings is 2. The molecule has 2 aliphatic heterocycles. The van der Waals surface area contributed by atoms with Crippen molar-refractivity contribution in [1.82, 2.24) is 0 Å². The lowest BCUT2D eigenvalue weighted by Crippen LogP contribution is -2.49. The Kier molecular flexibility index (Phi) is 5.62. The molecular formula is C22H21N3O3S2. The molecule has 0 aromatic heterocycles. The number of ketones is 1. The number of ether oxygens (including phenoxy) is 1. The third-order valence-electron chi connectivity index (χ3n) is 4.65. The predicted molar refractivity (Wildman–Crippen MR) is 123 cm³/mol. The van der Waals surface area contributed by atoms with Crippen LogP contribution in [0.15, 0.2) is 76.4 Å². The highest BCUT2D eigenvalue weighted by atomic mass is 32.2. The SMILES string of the molecule is CCOC(=O)C1=C(C)N(c2ccccc2)C2(SC(C(C)=O)=NN2c2ccccc2)S1. The Morgan fingerprint density at radius 2 is 1.60 bits per heavy atom. The lowest BCUT2D eigenvalue weighted by molar-refractivity contribution is -0.137. The van der Waals surface area contributed by atoms with Gasteiger partial charge in [0, 0.05) is 18.3 Å². The Hall–Kier alpha value is -2.71. The first-order valence-corrected chi connectivity index (χ1v) is 11.2. The number of allylic oxidation sites excluding steroid dienone is 1. The zero-order valence-electron chi connectivity index (χ0n) is 16.9. The second kappa shape index (κ2) is 8.20. The maximum absolute atomic E-state index is 12.8. The molecule has 1 unspecified atom stereocenters. The molecule has 0 amide bonds. The summed E-state index contributed by atoms with van der Waals surface area (Å²) in [5, 5.41) is 6.88. The quantitative estimate of drug-likeness (QED) is 0.620. The van der Waals surface area contributed by atoms with Crippen molar-refractivity contribution in [3.8, 4) is 0 Å². The molecule has 1 spiro atoms. The van der Waals surface area contributed by atoms with Crippen molar-refractivity contribution in [3.05, 3.63) is 71.3 Å². The van der Waals surface area contributed by atoms with E-state index in [2.05, 4.69) is 10.0 Å². The van der Waals surface area contributed by atoms with Gasteiger partial charge in [-0.25, -0.2) is 9.80 Å². The number of esters is 1. The fourth-order valence-electron chi connectivity index (χ4n) is 3.37. The molecule has 0 aliphatic carbocycles. The van der Waals surface area contributed by atoms with Gasteiger partial charge >= 0.3 is 5.97 Å². The van der Waals surface area contributed by atoms with E-state index < -0.39 is 4.33 Å². The summed E-state index contributed by atoms with van der Waals surface area (Å²) in [7, 11) is 0. The number of hydrogen-bond acceptors (Lipinski definition) is 8. The zero-order valence-corrected chi connectivity index (χ0v) is 18.5. The van der Waals surface area contributed by atoms with Crippen LogP contribution >= 0.6 is 23.5 Å². The Morgan fingerprint density at radius 3 is 2.17 bits per heavy atom. The van der Waals surface area contributed by atoms with Gasteiger partial charge in [-0.3, -0.25) is 4.79 Å². The number of hydrogen-bond donors (Lipinski definition) is 0. The molecule has 0 saturated carbocycles. The second-order valence-corrected chi connectivity index (χ2v) is 9.27. The molecule has 0 saturated heterocycles. The first-order chi connectivity index (χ1) is 14.5. The molecule has 2 aromatic carbocycles. The third kappa shape index (κ3) is 3.40. The van der Waals surface area contributed by atoms with E-state index in [1.54, 1.807) is 6.92 Å². The van der Waals surface area contributed by atoms with Crippen LogP contribution in [0.5, 0.6) is 0 Å². The van der Waals surface area contributed by atoms with Crippen molar-refractivity contribution in [2.45, 2.75) is 25.1 Å². The summed E-state index contributed by atoms with van der Waals surface area (Å²) in [6.45, 7) is 5.48. The van der Waals surface area contributed by atoms with Crippen LogP contribution in [0.1, 0.15) is 20.8 Å². The summed E-state index contributed by atoms with van der Waals surface area (Å²) >= 11 is 2.70. The number of rotatable bonds is 5. The van der Waals surface area contributed by atoms with E-state index in [4.69, 9.17) is 4.74 Å². The van der Waals surface area contributed by atoms with Gasteiger partial charge in [0.2, 0.25) is 4.33 Å². The Balaban J connectivity index is 1.89. The van der Waals surface area contributed by atoms with E-state index >= 15 is 0 Å². The van der Waals surface area contributed by atoms with Gasteiger partial charge in [0.1, 0.15) is 4.91 Å². The number of nitrogens with zero attached hydrogens (tertiary/aromatic N) is 3. The molecule has 8 heteroatoms. The molecule has 30 heavy (non-hydrogen) atoms. The number of thioether (sulfide) groups is 2. The van der Waals surface area contributed by atoms with Crippen LogP contribution in [0.4, 0.5) is 11.4 Å². The van der Waals surface area contributed by atoms with Gasteiger partial charge in [-0.15, -0.1) is 0 Å². The molecule has 0 bridgehead atoms. The first kappa shape index (κ1) is 20.6. The summed E-state index contributed by atoms with van der Waals surface area (Å²) in [4.78, 5) is 27.6. The van der Waals surface area contributed by atoms with Gasteiger partial charge < -0.3 is 9.64 Å². The van der Waals surface area contributed by atoms with Gasteiger partial charge in [-0.2, -0.15) is 5.10 Å². The lowest BCUT2D eigenvalue weighted by atomic mass is 10.2. The minimum atomic E-state index is -0.893. The van der Waals surface area contributed by atoms with Gasteiger partial charge in [-0.1, -0.05) is 48.2 Å². The Bertz CT molecular complexity index is 1040. The predicted octanol–water partition coefficient (Wildman–Crippen LogP) is 4.80. The molecule has 1 atom stereocenters. The minimum absolute atomic E-state index is 0.117. The topological polar surface area (TPSA) is 62.2 Å². The van der Waals surface area contributed by atoms with E-state index in [1.807, 2.05) is 72.6 Å². The third-order valence-corrected chi connectivity index (χ3v) is 7.62. The number of carbonyl (C=O) groups is 2. The fraction of sp³-hybridized carbons (Fsp3) is 0.227. The molecular weight excluding hydrogens is 418 g/mol. The highest BCUT2D eigenvalue weighted by Gasteiger charge is 2.57. The molecule has 154 valence electrons. The number of anilines is 2. The monoisotopic (exact) mass is 439 g/mol. The van der Waals surface area contributed by atoms with Crippen LogP contribution in [0.25, 0.3) is 0 Å². The number of carbonyl (C=O) groups excluding carboxylic acids is 2. The Morgan fingerprint density at radius 1 is 1.00 bits per heavy atom. The molecule has 0 N–H and O–H groups in total. The number of hydrazone groups is 1. The molecule has 4 rings (SSSR count). The highest BCUT2D eigenvalue weighted by molar-refractivity contribution is 8.29. The van der Waals surface area contributed by atoms with Gasteiger partial charge in [0.15, 0.2) is 10.8 Å². The first-order valence-electron chi connectivity index (χ1n) is 9.54. The Labute approximate surface area is 184 Å². The lowest BCUT2D eigenvalue weighted by Gasteiger charge is -2.41. The summed E-state index contributed by atoms with van der Waals surface area (Å²) in [6.07, 6.45) is 0. The van der Waals surface area contributed by atoms with Crippen LogP contribution in [0.2, 0.25) is 0 Å². The molecule has 0 radical (unpaired) electrons. The summed E-state index contributed by atoms with van der Waals surface area (Å²) < 4.78 is 4.43. The second-order valence-electron chi connectivity index (χ2n) is 6.67. The maximum Gasteiger partial charge on any atom is 0.346 e. The maximum atomic E-state index is 12.8.